The number of hydrogen-bond donors (Lipinski definition) is 0. The minimum absolute atomic E-state index is 0.0119. The number of halogens is 3. The first-order valence-electron chi connectivity index (χ1n) is 13.1. The summed E-state index contributed by atoms with van der Waals surface area (Å²) in [6.07, 6.45) is -5.39. The van der Waals surface area contributed by atoms with Crippen molar-refractivity contribution in [1.29, 1.82) is 0 Å². The molecule has 0 saturated carbocycles. The predicted octanol–water partition coefficient (Wildman–Crippen LogP) is 5.52. The van der Waals surface area contributed by atoms with Crippen LogP contribution in [0.1, 0.15) is 70.3 Å². The SMILES string of the molecule is C=C(CCC(=O)OC)Oc1c(OCCCC(=O)OCCC)cc(C)cc1OC(=O)CCC(=O)OCCCC(F)(F)F. The zero-order valence-corrected chi connectivity index (χ0v) is 23.6. The van der Waals surface area contributed by atoms with E-state index in [2.05, 4.69) is 11.3 Å². The van der Waals surface area contributed by atoms with E-state index in [1.165, 1.54) is 13.2 Å². The van der Waals surface area contributed by atoms with E-state index >= 15 is 0 Å². The average molecular weight is 591 g/mol. The highest BCUT2D eigenvalue weighted by Crippen LogP contribution is 2.40. The van der Waals surface area contributed by atoms with Crippen LogP contribution in [0.25, 0.3) is 0 Å². The van der Waals surface area contributed by atoms with E-state index in [1.807, 2.05) is 6.92 Å². The molecule has 1 aromatic carbocycles. The van der Waals surface area contributed by atoms with Crippen molar-refractivity contribution >= 4 is 23.9 Å². The Bertz CT molecular complexity index is 1040. The highest BCUT2D eigenvalue weighted by atomic mass is 19.4. The quantitative estimate of drug-likeness (QED) is 0.0668. The Kier molecular flexibility index (Phi) is 16.0. The van der Waals surface area contributed by atoms with Gasteiger partial charge in [-0.2, -0.15) is 13.2 Å². The van der Waals surface area contributed by atoms with E-state index in [0.29, 0.717) is 25.0 Å². The first kappa shape index (κ1) is 35.3. The number of alkyl halides is 3. The van der Waals surface area contributed by atoms with Gasteiger partial charge in [0, 0.05) is 19.3 Å². The monoisotopic (exact) mass is 590 g/mol. The molecule has 13 heteroatoms. The second-order valence-electron chi connectivity index (χ2n) is 8.89. The molecule has 0 aromatic heterocycles. The van der Waals surface area contributed by atoms with Gasteiger partial charge in [-0.05, 0) is 43.9 Å². The van der Waals surface area contributed by atoms with Crippen molar-refractivity contribution in [3.63, 3.8) is 0 Å². The van der Waals surface area contributed by atoms with Gasteiger partial charge in [-0.25, -0.2) is 0 Å². The number of aryl methyl sites for hydroxylation is 1. The third-order valence-electron chi connectivity index (χ3n) is 5.12. The van der Waals surface area contributed by atoms with Crippen molar-refractivity contribution in [2.45, 2.75) is 77.8 Å². The molecule has 0 atom stereocenters. The van der Waals surface area contributed by atoms with Crippen LogP contribution in [-0.2, 0) is 33.4 Å². The van der Waals surface area contributed by atoms with E-state index in [4.69, 9.17) is 23.7 Å². The summed E-state index contributed by atoms with van der Waals surface area (Å²) in [6.45, 7) is 7.38. The van der Waals surface area contributed by atoms with Crippen molar-refractivity contribution in [3.05, 3.63) is 30.0 Å². The van der Waals surface area contributed by atoms with Gasteiger partial charge in [0.2, 0.25) is 5.75 Å². The first-order chi connectivity index (χ1) is 19.3. The van der Waals surface area contributed by atoms with E-state index in [0.717, 1.165) is 0 Å². The maximum Gasteiger partial charge on any atom is 0.389 e. The molecule has 0 aliphatic rings. The normalized spacial score (nSPS) is 10.9. The average Bonchev–Trinajstić information content (AvgIpc) is 2.90. The zero-order chi connectivity index (χ0) is 30.8. The molecule has 1 aromatic rings. The molecule has 0 fully saturated rings. The lowest BCUT2D eigenvalue weighted by Gasteiger charge is -2.18. The Balaban J connectivity index is 2.89. The topological polar surface area (TPSA) is 124 Å². The number of carbonyl (C=O) groups is 4. The standard InChI is InChI=1S/C28H37F3O10/c1-5-14-38-24(33)8-6-15-37-21-17-19(2)18-22(27(21)40-20(3)9-10-23(32)36-4)41-26(35)12-11-25(34)39-16-7-13-28(29,30)31/h17-18H,3,5-16H2,1-2,4H3. The molecule has 0 radical (unpaired) electrons. The number of rotatable bonds is 19. The van der Waals surface area contributed by atoms with Crippen LogP contribution >= 0.6 is 0 Å². The van der Waals surface area contributed by atoms with Crippen molar-refractivity contribution in [2.24, 2.45) is 0 Å². The van der Waals surface area contributed by atoms with Gasteiger partial charge in [0.1, 0.15) is 0 Å². The fraction of sp³-hybridized carbons (Fsp3) is 0.571. The molecular weight excluding hydrogens is 553 g/mol. The Morgan fingerprint density at radius 1 is 0.780 bits per heavy atom. The zero-order valence-electron chi connectivity index (χ0n) is 23.6. The molecule has 41 heavy (non-hydrogen) atoms. The lowest BCUT2D eigenvalue weighted by molar-refractivity contribution is -0.151. The van der Waals surface area contributed by atoms with Gasteiger partial charge >= 0.3 is 30.1 Å². The third kappa shape index (κ3) is 16.2. The smallest absolute Gasteiger partial charge is 0.389 e. The molecule has 1 rings (SSSR count). The first-order valence-corrected chi connectivity index (χ1v) is 13.1. The molecule has 0 aliphatic heterocycles. The van der Waals surface area contributed by atoms with E-state index in [-0.39, 0.29) is 61.3 Å². The molecular formula is C28H37F3O10. The van der Waals surface area contributed by atoms with Crippen molar-refractivity contribution in [2.75, 3.05) is 26.9 Å². The minimum Gasteiger partial charge on any atom is -0.489 e. The lowest BCUT2D eigenvalue weighted by Crippen LogP contribution is -2.15. The van der Waals surface area contributed by atoms with Crippen molar-refractivity contribution < 1.29 is 60.8 Å². The van der Waals surface area contributed by atoms with Crippen molar-refractivity contribution in [3.8, 4) is 17.2 Å². The largest absolute Gasteiger partial charge is 0.489 e. The summed E-state index contributed by atoms with van der Waals surface area (Å²) in [4.78, 5) is 47.6. The van der Waals surface area contributed by atoms with Crippen molar-refractivity contribution in [1.82, 2.24) is 0 Å². The van der Waals surface area contributed by atoms with E-state index in [1.54, 1.807) is 13.0 Å². The molecule has 10 nitrogen and oxygen atoms in total. The Labute approximate surface area is 237 Å². The van der Waals surface area contributed by atoms with Crippen LogP contribution in [-0.4, -0.2) is 57.0 Å². The van der Waals surface area contributed by atoms with Gasteiger partial charge < -0.3 is 28.4 Å². The number of allylic oxidation sites excluding steroid dienone is 1. The predicted molar refractivity (Wildman–Crippen MR) is 139 cm³/mol. The summed E-state index contributed by atoms with van der Waals surface area (Å²) in [5, 5.41) is 0. The molecule has 0 unspecified atom stereocenters. The number of carbonyl (C=O) groups excluding carboxylic acids is 4. The highest BCUT2D eigenvalue weighted by Gasteiger charge is 2.26. The molecule has 0 N–H and O–H groups in total. The fourth-order valence-corrected chi connectivity index (χ4v) is 3.13. The van der Waals surface area contributed by atoms with E-state index < -0.39 is 50.0 Å². The van der Waals surface area contributed by atoms with Gasteiger partial charge in [0.05, 0.1) is 52.0 Å². The Hall–Kier alpha value is -3.77. The highest BCUT2D eigenvalue weighted by molar-refractivity contribution is 5.79. The van der Waals surface area contributed by atoms with Crippen LogP contribution in [0.2, 0.25) is 0 Å². The minimum atomic E-state index is -4.35. The number of methoxy groups -OCH3 is 1. The Morgan fingerprint density at radius 3 is 2.05 bits per heavy atom. The number of esters is 4. The summed E-state index contributed by atoms with van der Waals surface area (Å²) in [7, 11) is 1.24. The van der Waals surface area contributed by atoms with Gasteiger partial charge in [0.15, 0.2) is 11.5 Å². The number of hydrogen-bond acceptors (Lipinski definition) is 10. The molecule has 0 bridgehead atoms. The van der Waals surface area contributed by atoms with Crippen LogP contribution in [0.3, 0.4) is 0 Å². The molecule has 230 valence electrons. The Morgan fingerprint density at radius 2 is 1.39 bits per heavy atom. The van der Waals surface area contributed by atoms with Crippen LogP contribution in [0.4, 0.5) is 13.2 Å². The summed E-state index contributed by atoms with van der Waals surface area (Å²) in [5.74, 6) is -2.26. The molecule has 0 saturated heterocycles. The lowest BCUT2D eigenvalue weighted by atomic mass is 10.2. The van der Waals surface area contributed by atoms with Crippen LogP contribution in [0.5, 0.6) is 17.2 Å². The summed E-state index contributed by atoms with van der Waals surface area (Å²) in [5.41, 5.74) is 0.627. The van der Waals surface area contributed by atoms with Gasteiger partial charge in [-0.3, -0.25) is 19.2 Å². The number of ether oxygens (including phenoxy) is 6. The van der Waals surface area contributed by atoms with Crippen LogP contribution < -0.4 is 14.2 Å². The molecule has 0 aliphatic carbocycles. The fourth-order valence-electron chi connectivity index (χ4n) is 3.13. The number of benzene rings is 1. The summed E-state index contributed by atoms with van der Waals surface area (Å²) in [6, 6.07) is 3.11. The molecule has 0 spiro atoms. The summed E-state index contributed by atoms with van der Waals surface area (Å²) < 4.78 is 68.0. The summed E-state index contributed by atoms with van der Waals surface area (Å²) >= 11 is 0. The van der Waals surface area contributed by atoms with Crippen LogP contribution in [0.15, 0.2) is 24.5 Å². The second kappa shape index (κ2) is 18.6. The van der Waals surface area contributed by atoms with Gasteiger partial charge in [-0.1, -0.05) is 13.5 Å². The van der Waals surface area contributed by atoms with Gasteiger partial charge in [-0.15, -0.1) is 0 Å². The van der Waals surface area contributed by atoms with Gasteiger partial charge in [0.25, 0.3) is 0 Å². The van der Waals surface area contributed by atoms with E-state index in [9.17, 15) is 32.3 Å². The third-order valence-corrected chi connectivity index (χ3v) is 5.12. The maximum atomic E-state index is 12.5. The molecule has 0 heterocycles. The maximum absolute atomic E-state index is 12.5. The molecule has 0 amide bonds. The van der Waals surface area contributed by atoms with Crippen LogP contribution in [0, 0.1) is 6.92 Å². The second-order valence-corrected chi connectivity index (χ2v) is 8.89.